The lowest BCUT2D eigenvalue weighted by Crippen LogP contribution is -2.27. The smallest absolute Gasteiger partial charge is 0.282 e. The third-order valence-corrected chi connectivity index (χ3v) is 5.76. The van der Waals surface area contributed by atoms with E-state index < -0.39 is 58.0 Å². The van der Waals surface area contributed by atoms with E-state index in [1.165, 1.54) is 0 Å². The standard InChI is InChI=1S/C13H7F5O5S2/c14-9-5-11(16)12(6-10(9)15)24(19,20)13(17,18)7-1-3-8(4-2-7)25(21,22)23/h1-6H,(H,21,22,23). The first-order valence-electron chi connectivity index (χ1n) is 6.13. The number of halogens is 5. The van der Waals surface area contributed by atoms with Crippen molar-refractivity contribution >= 4 is 20.0 Å². The molecule has 5 nitrogen and oxygen atoms in total. The van der Waals surface area contributed by atoms with E-state index >= 15 is 0 Å². The van der Waals surface area contributed by atoms with Crippen LogP contribution in [-0.4, -0.2) is 21.4 Å². The topological polar surface area (TPSA) is 88.5 Å². The molecule has 0 heterocycles. The van der Waals surface area contributed by atoms with Gasteiger partial charge in [-0.2, -0.15) is 17.2 Å². The van der Waals surface area contributed by atoms with E-state index in [4.69, 9.17) is 4.55 Å². The molecule has 0 radical (unpaired) electrons. The molecule has 2 aromatic rings. The molecule has 0 unspecified atom stereocenters. The maximum absolute atomic E-state index is 14.3. The molecule has 136 valence electrons. The Morgan fingerprint density at radius 2 is 1.28 bits per heavy atom. The predicted molar refractivity (Wildman–Crippen MR) is 73.7 cm³/mol. The summed E-state index contributed by atoms with van der Waals surface area (Å²) in [5.74, 6) is -5.54. The van der Waals surface area contributed by atoms with Crippen molar-refractivity contribution in [3.05, 3.63) is 59.4 Å². The SMILES string of the molecule is O=S(=O)(O)c1ccc(C(F)(F)S(=O)(=O)c2cc(F)c(F)cc2F)cc1. The van der Waals surface area contributed by atoms with Crippen LogP contribution in [-0.2, 0) is 25.2 Å². The van der Waals surface area contributed by atoms with Gasteiger partial charge >= 0.3 is 5.25 Å². The molecule has 2 rings (SSSR count). The zero-order valence-corrected chi connectivity index (χ0v) is 13.4. The summed E-state index contributed by atoms with van der Waals surface area (Å²) in [7, 11) is -10.6. The van der Waals surface area contributed by atoms with Crippen molar-refractivity contribution in [2.75, 3.05) is 0 Å². The third-order valence-electron chi connectivity index (χ3n) is 3.09. The highest BCUT2D eigenvalue weighted by molar-refractivity contribution is 7.92. The molecular weight excluding hydrogens is 395 g/mol. The summed E-state index contributed by atoms with van der Waals surface area (Å²) in [6.45, 7) is 0. The first-order valence-corrected chi connectivity index (χ1v) is 9.06. The van der Waals surface area contributed by atoms with Gasteiger partial charge < -0.3 is 0 Å². The van der Waals surface area contributed by atoms with Crippen LogP contribution in [0.5, 0.6) is 0 Å². The van der Waals surface area contributed by atoms with Crippen molar-refractivity contribution in [1.82, 2.24) is 0 Å². The zero-order valence-electron chi connectivity index (χ0n) is 11.8. The van der Waals surface area contributed by atoms with E-state index in [0.29, 0.717) is 24.3 Å². The van der Waals surface area contributed by atoms with Crippen molar-refractivity contribution in [1.29, 1.82) is 0 Å². The molecular formula is C13H7F5O5S2. The van der Waals surface area contributed by atoms with Crippen LogP contribution in [0.15, 0.2) is 46.2 Å². The van der Waals surface area contributed by atoms with Gasteiger partial charge in [0.15, 0.2) is 11.6 Å². The minimum absolute atomic E-state index is 0.195. The van der Waals surface area contributed by atoms with Crippen molar-refractivity contribution < 1.29 is 43.3 Å². The van der Waals surface area contributed by atoms with Gasteiger partial charge in [-0.05, 0) is 18.2 Å². The minimum atomic E-state index is -5.84. The average molecular weight is 402 g/mol. The minimum Gasteiger partial charge on any atom is -0.282 e. The summed E-state index contributed by atoms with van der Waals surface area (Å²) in [5.41, 5.74) is -1.27. The summed E-state index contributed by atoms with van der Waals surface area (Å²) < 4.78 is 122. The van der Waals surface area contributed by atoms with Gasteiger partial charge in [0, 0.05) is 11.6 Å². The zero-order chi connectivity index (χ0) is 19.2. The first-order chi connectivity index (χ1) is 11.3. The number of alkyl halides is 2. The second-order valence-electron chi connectivity index (χ2n) is 4.72. The van der Waals surface area contributed by atoms with Crippen LogP contribution in [0.25, 0.3) is 0 Å². The largest absolute Gasteiger partial charge is 0.375 e. The van der Waals surface area contributed by atoms with Crippen molar-refractivity contribution in [3.8, 4) is 0 Å². The Kier molecular flexibility index (Phi) is 4.65. The Balaban J connectivity index is 2.60. The van der Waals surface area contributed by atoms with Crippen LogP contribution in [0.3, 0.4) is 0 Å². The molecule has 0 atom stereocenters. The lowest BCUT2D eigenvalue weighted by molar-refractivity contribution is 0.0901. The van der Waals surface area contributed by atoms with Crippen LogP contribution >= 0.6 is 0 Å². The Bertz CT molecular complexity index is 1030. The van der Waals surface area contributed by atoms with E-state index in [1.807, 2.05) is 0 Å². The molecule has 25 heavy (non-hydrogen) atoms. The summed E-state index contributed by atoms with van der Waals surface area (Å²) in [4.78, 5) is -2.56. The molecule has 0 bridgehead atoms. The number of sulfone groups is 1. The molecule has 1 N–H and O–H groups in total. The number of hydrogen-bond acceptors (Lipinski definition) is 4. The predicted octanol–water partition coefficient (Wildman–Crippen LogP) is 2.87. The van der Waals surface area contributed by atoms with Gasteiger partial charge in [-0.15, -0.1) is 0 Å². The highest BCUT2D eigenvalue weighted by Gasteiger charge is 2.49. The lowest BCUT2D eigenvalue weighted by atomic mass is 10.2. The van der Waals surface area contributed by atoms with Crippen molar-refractivity contribution in [2.24, 2.45) is 0 Å². The van der Waals surface area contributed by atoms with Gasteiger partial charge in [0.2, 0.25) is 0 Å². The van der Waals surface area contributed by atoms with E-state index in [0.717, 1.165) is 0 Å². The Hall–Kier alpha value is -2.05. The molecule has 0 aromatic heterocycles. The normalized spacial score (nSPS) is 13.0. The summed E-state index contributed by atoms with van der Waals surface area (Å²) in [5, 5.41) is -4.80. The highest BCUT2D eigenvalue weighted by atomic mass is 32.2. The molecule has 0 saturated heterocycles. The first kappa shape index (κ1) is 19.3. The molecule has 0 aliphatic heterocycles. The number of benzene rings is 2. The molecule has 0 aliphatic carbocycles. The van der Waals surface area contributed by atoms with Gasteiger partial charge in [0.25, 0.3) is 20.0 Å². The van der Waals surface area contributed by atoms with Crippen molar-refractivity contribution in [3.63, 3.8) is 0 Å². The fraction of sp³-hybridized carbons (Fsp3) is 0.0769. The van der Waals surface area contributed by atoms with Gasteiger partial charge in [0.05, 0.1) is 4.90 Å². The molecule has 12 heteroatoms. The Morgan fingerprint density at radius 1 is 0.800 bits per heavy atom. The summed E-state index contributed by atoms with van der Waals surface area (Å²) >= 11 is 0. The summed E-state index contributed by atoms with van der Waals surface area (Å²) in [6, 6.07) is 1.32. The molecule has 0 aliphatic rings. The van der Waals surface area contributed by atoms with Crippen LogP contribution in [0, 0.1) is 17.5 Å². The van der Waals surface area contributed by atoms with Crippen LogP contribution < -0.4 is 0 Å². The van der Waals surface area contributed by atoms with Crippen LogP contribution in [0.2, 0.25) is 0 Å². The van der Waals surface area contributed by atoms with E-state index in [9.17, 15) is 38.8 Å². The number of hydrogen-bond donors (Lipinski definition) is 1. The van der Waals surface area contributed by atoms with Crippen LogP contribution in [0.1, 0.15) is 5.56 Å². The highest BCUT2D eigenvalue weighted by Crippen LogP contribution is 2.40. The second kappa shape index (κ2) is 6.04. The van der Waals surface area contributed by atoms with Gasteiger partial charge in [-0.1, -0.05) is 12.1 Å². The van der Waals surface area contributed by atoms with Gasteiger partial charge in [-0.3, -0.25) is 4.55 Å². The maximum atomic E-state index is 14.3. The van der Waals surface area contributed by atoms with E-state index in [2.05, 4.69) is 0 Å². The summed E-state index contributed by atoms with van der Waals surface area (Å²) in [6.07, 6.45) is 0. The molecule has 0 amide bonds. The maximum Gasteiger partial charge on any atom is 0.375 e. The van der Waals surface area contributed by atoms with Crippen LogP contribution in [0.4, 0.5) is 22.0 Å². The lowest BCUT2D eigenvalue weighted by Gasteiger charge is -2.18. The quantitative estimate of drug-likeness (QED) is 0.368. The number of rotatable bonds is 4. The van der Waals surface area contributed by atoms with E-state index in [1.54, 1.807) is 0 Å². The monoisotopic (exact) mass is 402 g/mol. The van der Waals surface area contributed by atoms with Gasteiger partial charge in [-0.25, -0.2) is 21.6 Å². The Labute approximate surface area is 138 Å². The van der Waals surface area contributed by atoms with Gasteiger partial charge in [0.1, 0.15) is 10.7 Å². The van der Waals surface area contributed by atoms with E-state index in [-0.39, 0.29) is 12.1 Å². The fourth-order valence-electron chi connectivity index (χ4n) is 1.82. The molecule has 2 aromatic carbocycles. The molecule has 0 saturated carbocycles. The van der Waals surface area contributed by atoms with Crippen molar-refractivity contribution in [2.45, 2.75) is 15.0 Å². The third kappa shape index (κ3) is 3.37. The molecule has 0 fully saturated rings. The fourth-order valence-corrected chi connectivity index (χ4v) is 3.60. The Morgan fingerprint density at radius 3 is 1.76 bits per heavy atom. The average Bonchev–Trinajstić information content (AvgIpc) is 2.49. The second-order valence-corrected chi connectivity index (χ2v) is 8.10. The molecule has 0 spiro atoms.